The number of esters is 1. The normalized spacial score (nSPS) is 11.2. The van der Waals surface area contributed by atoms with Gasteiger partial charge in [0.2, 0.25) is 0 Å². The lowest BCUT2D eigenvalue weighted by Crippen LogP contribution is -2.15. The molecule has 0 aromatic heterocycles. The number of unbranched alkanes of at least 4 members (excludes halogenated alkanes) is 8. The van der Waals surface area contributed by atoms with Gasteiger partial charge in [0.1, 0.15) is 19.0 Å². The molecule has 0 heterocycles. The van der Waals surface area contributed by atoms with Crippen molar-refractivity contribution in [3.05, 3.63) is 34.4 Å². The van der Waals surface area contributed by atoms with Crippen LogP contribution >= 0.6 is 0 Å². The van der Waals surface area contributed by atoms with Gasteiger partial charge in [-0.05, 0) is 18.6 Å². The molecule has 0 saturated carbocycles. The molecule has 1 aromatic carbocycles. The fourth-order valence-electron chi connectivity index (χ4n) is 4.39. The molecular weight excluding hydrogens is 654 g/mol. The van der Waals surface area contributed by atoms with Crippen molar-refractivity contribution in [3.8, 4) is 5.75 Å². The predicted octanol–water partition coefficient (Wildman–Crippen LogP) is 5.57. The Hall–Kier alpha value is -2.43. The molecule has 0 saturated heterocycles. The molecule has 0 atom stereocenters. The molecule has 0 aliphatic carbocycles. The summed E-state index contributed by atoms with van der Waals surface area (Å²) in [5.41, 5.74) is 0.0246. The van der Waals surface area contributed by atoms with Crippen molar-refractivity contribution in [2.24, 2.45) is 0 Å². The van der Waals surface area contributed by atoms with Gasteiger partial charge in [-0.3, -0.25) is 14.9 Å². The first-order valence-corrected chi connectivity index (χ1v) is 18.3. The summed E-state index contributed by atoms with van der Waals surface area (Å²) in [6.45, 7) is 10.2. The largest absolute Gasteiger partial charge is 0.491 e. The Bertz CT molecular complexity index is 891. The average Bonchev–Trinajstić information content (AvgIpc) is 3.12. The number of nitro benzene ring substituents is 1. The summed E-state index contributed by atoms with van der Waals surface area (Å²) < 4.78 is 54.4. The number of carbonyl (C=O) groups excluding carboxylic acids is 1. The standard InChI is InChI=1S/C36H63NO13/c1-2-3-4-5-6-7-8-9-10-11-36(38)50-33-31-48-29-27-46-25-23-44-21-19-42-17-16-41-18-20-43-22-24-45-26-28-47-30-32-49-35-14-12-34(13-15-35)37(39)40/h12-15H,2-11,16-33H2,1H3. The zero-order valence-corrected chi connectivity index (χ0v) is 30.4. The quantitative estimate of drug-likeness (QED) is 0.0361. The Balaban J connectivity index is 1.67. The molecule has 0 radical (unpaired) electrons. The first-order chi connectivity index (χ1) is 24.6. The van der Waals surface area contributed by atoms with Gasteiger partial charge in [0.05, 0.1) is 111 Å². The highest BCUT2D eigenvalue weighted by Gasteiger charge is 2.05. The molecule has 0 amide bonds. The maximum Gasteiger partial charge on any atom is 0.305 e. The summed E-state index contributed by atoms with van der Waals surface area (Å²) in [6, 6.07) is 5.91. The smallest absolute Gasteiger partial charge is 0.305 e. The van der Waals surface area contributed by atoms with Gasteiger partial charge in [0.25, 0.3) is 5.69 Å². The molecule has 0 spiro atoms. The second-order valence-corrected chi connectivity index (χ2v) is 11.3. The van der Waals surface area contributed by atoms with Crippen LogP contribution in [0.25, 0.3) is 0 Å². The summed E-state index contributed by atoms with van der Waals surface area (Å²) in [4.78, 5) is 22.0. The van der Waals surface area contributed by atoms with Crippen LogP contribution in [0, 0.1) is 10.1 Å². The number of carbonyl (C=O) groups is 1. The summed E-state index contributed by atoms with van der Waals surface area (Å²) in [6.07, 6.45) is 11.5. The molecule has 14 heteroatoms. The summed E-state index contributed by atoms with van der Waals surface area (Å²) in [7, 11) is 0. The van der Waals surface area contributed by atoms with Crippen LogP contribution in [-0.4, -0.2) is 130 Å². The Morgan fingerprint density at radius 1 is 0.500 bits per heavy atom. The van der Waals surface area contributed by atoms with Crippen LogP contribution in [0.3, 0.4) is 0 Å². The van der Waals surface area contributed by atoms with Gasteiger partial charge in [-0.2, -0.15) is 0 Å². The maximum absolute atomic E-state index is 11.8. The number of rotatable bonds is 39. The van der Waals surface area contributed by atoms with Gasteiger partial charge in [-0.25, -0.2) is 0 Å². The minimum atomic E-state index is -0.452. The second kappa shape index (κ2) is 36.4. The van der Waals surface area contributed by atoms with Crippen molar-refractivity contribution in [2.45, 2.75) is 71.1 Å². The van der Waals surface area contributed by atoms with E-state index < -0.39 is 4.92 Å². The summed E-state index contributed by atoms with van der Waals surface area (Å²) in [5.74, 6) is 0.411. The van der Waals surface area contributed by atoms with Crippen molar-refractivity contribution in [1.29, 1.82) is 0 Å². The van der Waals surface area contributed by atoms with Gasteiger partial charge in [-0.15, -0.1) is 0 Å². The van der Waals surface area contributed by atoms with Crippen molar-refractivity contribution in [2.75, 3.05) is 119 Å². The van der Waals surface area contributed by atoms with Crippen LogP contribution in [0.1, 0.15) is 71.1 Å². The zero-order chi connectivity index (χ0) is 36.0. The van der Waals surface area contributed by atoms with Crippen molar-refractivity contribution in [3.63, 3.8) is 0 Å². The third kappa shape index (κ3) is 31.5. The first kappa shape index (κ1) is 45.6. The van der Waals surface area contributed by atoms with Gasteiger partial charge < -0.3 is 47.4 Å². The Labute approximate surface area is 298 Å². The Kier molecular flexibility index (Phi) is 33.2. The molecule has 0 unspecified atom stereocenters. The molecular formula is C36H63NO13. The summed E-state index contributed by atoms with van der Waals surface area (Å²) >= 11 is 0. The van der Waals surface area contributed by atoms with E-state index in [-0.39, 0.29) is 18.3 Å². The molecule has 1 rings (SSSR count). The van der Waals surface area contributed by atoms with Crippen molar-refractivity contribution < 1.29 is 57.1 Å². The predicted molar refractivity (Wildman–Crippen MR) is 188 cm³/mol. The van der Waals surface area contributed by atoms with E-state index in [0.717, 1.165) is 12.8 Å². The Morgan fingerprint density at radius 3 is 1.22 bits per heavy atom. The van der Waals surface area contributed by atoms with Gasteiger partial charge in [0.15, 0.2) is 0 Å². The topological polar surface area (TPSA) is 153 Å². The van der Waals surface area contributed by atoms with Crippen LogP contribution in [0.4, 0.5) is 5.69 Å². The van der Waals surface area contributed by atoms with Crippen molar-refractivity contribution >= 4 is 11.7 Å². The molecule has 0 bridgehead atoms. The van der Waals surface area contributed by atoms with E-state index in [1.54, 1.807) is 12.1 Å². The number of hydrogen-bond acceptors (Lipinski definition) is 13. The molecule has 0 N–H and O–H groups in total. The van der Waals surface area contributed by atoms with Crippen LogP contribution in [0.5, 0.6) is 5.75 Å². The molecule has 290 valence electrons. The number of nitrogens with zero attached hydrogens (tertiary/aromatic N) is 1. The molecule has 1 aromatic rings. The van der Waals surface area contributed by atoms with Crippen LogP contribution < -0.4 is 4.74 Å². The van der Waals surface area contributed by atoms with E-state index in [2.05, 4.69) is 6.92 Å². The van der Waals surface area contributed by atoms with E-state index in [9.17, 15) is 14.9 Å². The van der Waals surface area contributed by atoms with E-state index in [1.165, 1.54) is 57.1 Å². The van der Waals surface area contributed by atoms with Crippen molar-refractivity contribution in [1.82, 2.24) is 0 Å². The van der Waals surface area contributed by atoms with Gasteiger partial charge >= 0.3 is 5.97 Å². The fourth-order valence-corrected chi connectivity index (χ4v) is 4.39. The van der Waals surface area contributed by atoms with Crippen LogP contribution in [0.15, 0.2) is 24.3 Å². The number of ether oxygens (including phenoxy) is 10. The van der Waals surface area contributed by atoms with Crippen LogP contribution in [0.2, 0.25) is 0 Å². The monoisotopic (exact) mass is 717 g/mol. The number of nitro groups is 1. The van der Waals surface area contributed by atoms with Gasteiger partial charge in [0, 0.05) is 18.6 Å². The third-order valence-corrected chi connectivity index (χ3v) is 7.12. The fraction of sp³-hybridized carbons (Fsp3) is 0.806. The molecule has 50 heavy (non-hydrogen) atoms. The highest BCUT2D eigenvalue weighted by Crippen LogP contribution is 2.17. The number of benzene rings is 1. The third-order valence-electron chi connectivity index (χ3n) is 7.12. The van der Waals surface area contributed by atoms with E-state index in [1.807, 2.05) is 0 Å². The van der Waals surface area contributed by atoms with E-state index in [0.29, 0.717) is 124 Å². The summed E-state index contributed by atoms with van der Waals surface area (Å²) in [5, 5.41) is 10.6. The second-order valence-electron chi connectivity index (χ2n) is 11.3. The van der Waals surface area contributed by atoms with E-state index in [4.69, 9.17) is 47.4 Å². The number of hydrogen-bond donors (Lipinski definition) is 0. The highest BCUT2D eigenvalue weighted by molar-refractivity contribution is 5.69. The maximum atomic E-state index is 11.8. The number of non-ortho nitro benzene ring substituents is 1. The SMILES string of the molecule is CCCCCCCCCCCC(=O)OCCOCCOCCOCCOCCOCCOCCOCCOCCOc1ccc([N+](=O)[O-])cc1. The lowest BCUT2D eigenvalue weighted by molar-refractivity contribution is -0.384. The average molecular weight is 718 g/mol. The minimum Gasteiger partial charge on any atom is -0.491 e. The lowest BCUT2D eigenvalue weighted by Gasteiger charge is -2.09. The lowest BCUT2D eigenvalue weighted by atomic mass is 10.1. The highest BCUT2D eigenvalue weighted by atomic mass is 16.6. The minimum absolute atomic E-state index is 0.0246. The first-order valence-electron chi connectivity index (χ1n) is 18.3. The molecule has 0 aliphatic rings. The van der Waals surface area contributed by atoms with Gasteiger partial charge in [-0.1, -0.05) is 58.3 Å². The zero-order valence-electron chi connectivity index (χ0n) is 30.4. The van der Waals surface area contributed by atoms with E-state index >= 15 is 0 Å². The Morgan fingerprint density at radius 2 is 0.840 bits per heavy atom. The molecule has 0 fully saturated rings. The molecule has 14 nitrogen and oxygen atoms in total. The molecule has 0 aliphatic heterocycles. The van der Waals surface area contributed by atoms with Crippen LogP contribution in [-0.2, 0) is 47.4 Å².